The quantitative estimate of drug-likeness (QED) is 0.0813. The number of carbonyl (C=O) groups is 1. The van der Waals surface area contributed by atoms with Crippen LogP contribution in [0.2, 0.25) is 0 Å². The van der Waals surface area contributed by atoms with E-state index in [2.05, 4.69) is 88.1 Å². The van der Waals surface area contributed by atoms with Gasteiger partial charge in [0, 0.05) is 73.1 Å². The molecule has 5 aromatic rings. The van der Waals surface area contributed by atoms with E-state index in [0.717, 1.165) is 76.7 Å². The van der Waals surface area contributed by atoms with Crippen LogP contribution >= 0.6 is 0 Å². The zero-order chi connectivity index (χ0) is 36.9. The first-order chi connectivity index (χ1) is 23.6. The van der Waals surface area contributed by atoms with Crippen molar-refractivity contribution in [2.45, 2.75) is 114 Å². The number of hydrogen-bond donors (Lipinski definition) is 1. The van der Waals surface area contributed by atoms with Crippen LogP contribution in [0, 0.1) is 22.8 Å². The van der Waals surface area contributed by atoms with Gasteiger partial charge < -0.3 is 9.52 Å². The van der Waals surface area contributed by atoms with Gasteiger partial charge in [-0.25, -0.2) is 0 Å². The predicted molar refractivity (Wildman–Crippen MR) is 209 cm³/mol. The minimum atomic E-state index is -0.337. The molecule has 0 spiro atoms. The Morgan fingerprint density at radius 2 is 1.49 bits per heavy atom. The summed E-state index contributed by atoms with van der Waals surface area (Å²) in [5.41, 5.74) is 6.46. The monoisotopic (exact) mass is 866 g/mol. The number of aliphatic hydroxyl groups is 1. The van der Waals surface area contributed by atoms with E-state index in [1.807, 2.05) is 66.1 Å². The van der Waals surface area contributed by atoms with E-state index in [1.54, 1.807) is 0 Å². The molecule has 0 saturated heterocycles. The number of carbonyl (C=O) groups excluding carboxylic acids is 1. The number of nitrogens with zero attached hydrogens (tertiary/aromatic N) is 2. The summed E-state index contributed by atoms with van der Waals surface area (Å²) in [6.07, 6.45) is 9.38. The third-order valence-corrected chi connectivity index (χ3v) is 10.6. The maximum atomic E-state index is 12.2. The van der Waals surface area contributed by atoms with Crippen LogP contribution in [0.4, 0.5) is 0 Å². The molecule has 0 amide bonds. The van der Waals surface area contributed by atoms with Gasteiger partial charge in [-0.2, -0.15) is 0 Å². The largest absolute Gasteiger partial charge is 0.512 e. The second-order valence-electron chi connectivity index (χ2n) is 15.6. The number of fused-ring (bicyclic) bond motifs is 2. The second kappa shape index (κ2) is 17.3. The molecule has 1 radical (unpaired) electrons. The normalized spacial score (nSPS) is 12.5. The summed E-state index contributed by atoms with van der Waals surface area (Å²) in [6.45, 7) is 23.2. The zero-order valence-corrected chi connectivity index (χ0v) is 34.9. The topological polar surface area (TPSA) is 76.2 Å². The van der Waals surface area contributed by atoms with E-state index in [4.69, 9.17) is 9.40 Å². The molecule has 3 heterocycles. The van der Waals surface area contributed by atoms with Crippen molar-refractivity contribution in [2.24, 2.45) is 16.7 Å². The molecular formula is C45H57IrN2O3-. The van der Waals surface area contributed by atoms with E-state index in [-0.39, 0.29) is 47.9 Å². The molecule has 0 aliphatic carbocycles. The number of hydrogen-bond acceptors (Lipinski definition) is 5. The first-order valence-electron chi connectivity index (χ1n) is 18.3. The molecule has 3 aromatic heterocycles. The summed E-state index contributed by atoms with van der Waals surface area (Å²) in [6, 6.07) is 22.6. The Hall–Kier alpha value is -3.60. The number of benzene rings is 2. The van der Waals surface area contributed by atoms with E-state index in [9.17, 15) is 9.90 Å². The van der Waals surface area contributed by atoms with Gasteiger partial charge in [0.2, 0.25) is 0 Å². The van der Waals surface area contributed by atoms with Crippen LogP contribution in [0.3, 0.4) is 0 Å². The number of furan rings is 1. The molecule has 0 fully saturated rings. The van der Waals surface area contributed by atoms with E-state index < -0.39 is 0 Å². The molecule has 51 heavy (non-hydrogen) atoms. The van der Waals surface area contributed by atoms with Crippen molar-refractivity contribution in [2.75, 3.05) is 0 Å². The van der Waals surface area contributed by atoms with Gasteiger partial charge in [-0.15, -0.1) is 29.1 Å². The van der Waals surface area contributed by atoms with Gasteiger partial charge in [0.15, 0.2) is 11.4 Å². The molecule has 0 unspecified atom stereocenters. The minimum absolute atomic E-state index is 0. The molecule has 0 aliphatic heterocycles. The number of aliphatic hydroxyl groups excluding tert-OH is 1. The van der Waals surface area contributed by atoms with Crippen molar-refractivity contribution in [3.8, 4) is 22.4 Å². The maximum absolute atomic E-state index is 12.2. The van der Waals surface area contributed by atoms with Gasteiger partial charge in [0.05, 0.1) is 0 Å². The fraction of sp³-hybridized carbons (Fsp3) is 0.444. The third-order valence-electron chi connectivity index (χ3n) is 10.6. The molecule has 5 rings (SSSR count). The Morgan fingerprint density at radius 3 is 2.10 bits per heavy atom. The summed E-state index contributed by atoms with van der Waals surface area (Å²) >= 11 is 0. The average molecular weight is 866 g/mol. The van der Waals surface area contributed by atoms with Crippen molar-refractivity contribution in [3.63, 3.8) is 0 Å². The number of allylic oxidation sites excluding steroid dienone is 2. The Bertz CT molecular complexity index is 1960. The van der Waals surface area contributed by atoms with Gasteiger partial charge in [-0.05, 0) is 54.7 Å². The van der Waals surface area contributed by atoms with Crippen molar-refractivity contribution < 1.29 is 34.4 Å². The van der Waals surface area contributed by atoms with Crippen LogP contribution < -0.4 is 0 Å². The molecular weight excluding hydrogens is 809 g/mol. The third kappa shape index (κ3) is 9.64. The number of aromatic nitrogens is 2. The van der Waals surface area contributed by atoms with Gasteiger partial charge in [-0.1, -0.05) is 111 Å². The molecule has 0 atom stereocenters. The molecule has 275 valence electrons. The standard InChI is InChI=1S/C30H29N2O.C15H28O2.Ir/c1-19(2)14-23-18-28-29(33-23)25(11-13-32-28)21-10-12-31-27(17-21)22-15-20-8-6-7-9-24(20)26(16-22)30(3,4)5;1-7-14(5,8-2)12(16)11-13(17)15(6,9-3)10-4;/h6-13,16-19H,14H2,1-5H3;11,16H,7-10H2,1-6H3;/q-1;;/b;12-11-;. The Morgan fingerprint density at radius 1 is 0.863 bits per heavy atom. The summed E-state index contributed by atoms with van der Waals surface area (Å²) in [5, 5.41) is 12.5. The first-order valence-corrected chi connectivity index (χ1v) is 18.3. The second-order valence-corrected chi connectivity index (χ2v) is 15.6. The molecule has 0 saturated carbocycles. The van der Waals surface area contributed by atoms with E-state index in [1.165, 1.54) is 17.0 Å². The molecule has 6 heteroatoms. The van der Waals surface area contributed by atoms with Crippen LogP contribution in [0.5, 0.6) is 0 Å². The fourth-order valence-corrected chi connectivity index (χ4v) is 6.14. The SMILES string of the molecule is CC(C)Cc1cc2nccc(-c3ccnc(-c4[c-]c5ccccc5c(C(C)(C)C)c4)c3)c2o1.CCC(C)(CC)C(=O)/C=C(\O)C(C)(CC)CC.[Ir]. The first kappa shape index (κ1) is 41.8. The van der Waals surface area contributed by atoms with E-state index in [0.29, 0.717) is 5.92 Å². The van der Waals surface area contributed by atoms with Crippen molar-refractivity contribution in [1.82, 2.24) is 9.97 Å². The summed E-state index contributed by atoms with van der Waals surface area (Å²) in [5.74, 6) is 1.79. The van der Waals surface area contributed by atoms with Crippen LogP contribution in [-0.2, 0) is 36.7 Å². The van der Waals surface area contributed by atoms with Crippen molar-refractivity contribution in [1.29, 1.82) is 0 Å². The van der Waals surface area contributed by atoms with Crippen molar-refractivity contribution >= 4 is 27.7 Å². The van der Waals surface area contributed by atoms with Crippen LogP contribution in [0.25, 0.3) is 44.3 Å². The predicted octanol–water partition coefficient (Wildman–Crippen LogP) is 12.7. The Labute approximate surface area is 319 Å². The maximum Gasteiger partial charge on any atom is 0.164 e. The minimum Gasteiger partial charge on any atom is -0.512 e. The molecule has 5 nitrogen and oxygen atoms in total. The fourth-order valence-electron chi connectivity index (χ4n) is 6.14. The molecule has 0 bridgehead atoms. The molecule has 2 aromatic carbocycles. The van der Waals surface area contributed by atoms with E-state index >= 15 is 0 Å². The van der Waals surface area contributed by atoms with Crippen LogP contribution in [0.1, 0.15) is 113 Å². The van der Waals surface area contributed by atoms with Gasteiger partial charge in [0.25, 0.3) is 0 Å². The van der Waals surface area contributed by atoms with Crippen molar-refractivity contribution in [3.05, 3.63) is 96.2 Å². The Balaban J connectivity index is 0.000000335. The summed E-state index contributed by atoms with van der Waals surface area (Å²) in [7, 11) is 0. The zero-order valence-electron chi connectivity index (χ0n) is 32.5. The van der Waals surface area contributed by atoms with Crippen LogP contribution in [-0.4, -0.2) is 20.9 Å². The molecule has 1 N–H and O–H groups in total. The van der Waals surface area contributed by atoms with Gasteiger partial charge in [-0.3, -0.25) is 14.8 Å². The smallest absolute Gasteiger partial charge is 0.164 e. The molecule has 0 aliphatic rings. The van der Waals surface area contributed by atoms with Gasteiger partial charge in [0.1, 0.15) is 17.0 Å². The number of pyridine rings is 2. The Kier molecular flexibility index (Phi) is 14.2. The number of rotatable bonds is 11. The number of ketones is 1. The average Bonchev–Trinajstić information content (AvgIpc) is 3.52. The van der Waals surface area contributed by atoms with Gasteiger partial charge >= 0.3 is 0 Å². The summed E-state index contributed by atoms with van der Waals surface area (Å²) < 4.78 is 6.24. The van der Waals surface area contributed by atoms with Crippen LogP contribution in [0.15, 0.2) is 83.2 Å². The summed E-state index contributed by atoms with van der Waals surface area (Å²) in [4.78, 5) is 21.4.